The summed E-state index contributed by atoms with van der Waals surface area (Å²) in [6, 6.07) is 27.2. The second-order valence-electron chi connectivity index (χ2n) is 6.61. The molecule has 3 heteroatoms. The fourth-order valence-electron chi connectivity index (χ4n) is 3.25. The summed E-state index contributed by atoms with van der Waals surface area (Å²) in [5, 5.41) is 4.63. The standard InChI is InChI=1S/C24H22N2O/c1-17-14-24(22-15-21(27-2)12-13-23(22)26-17)25-16-18-8-10-20(11-9-18)19-6-4-3-5-7-19/h3-15H,16H2,1-2H3,(H,25,26). The van der Waals surface area contributed by atoms with Crippen LogP contribution in [-0.2, 0) is 6.54 Å². The van der Waals surface area contributed by atoms with Crippen molar-refractivity contribution in [1.29, 1.82) is 0 Å². The molecule has 0 bridgehead atoms. The van der Waals surface area contributed by atoms with Gasteiger partial charge >= 0.3 is 0 Å². The van der Waals surface area contributed by atoms with Gasteiger partial charge in [0.15, 0.2) is 0 Å². The summed E-state index contributed by atoms with van der Waals surface area (Å²) in [5.41, 5.74) is 6.74. The molecule has 134 valence electrons. The van der Waals surface area contributed by atoms with E-state index in [0.717, 1.165) is 34.6 Å². The third kappa shape index (κ3) is 3.77. The van der Waals surface area contributed by atoms with Crippen molar-refractivity contribution in [3.63, 3.8) is 0 Å². The van der Waals surface area contributed by atoms with Gasteiger partial charge in [0.1, 0.15) is 5.75 Å². The number of fused-ring (bicyclic) bond motifs is 1. The highest BCUT2D eigenvalue weighted by molar-refractivity contribution is 5.92. The quantitative estimate of drug-likeness (QED) is 0.489. The predicted molar refractivity (Wildman–Crippen MR) is 112 cm³/mol. The van der Waals surface area contributed by atoms with E-state index in [1.807, 2.05) is 31.2 Å². The Morgan fingerprint density at radius 2 is 1.59 bits per heavy atom. The Morgan fingerprint density at radius 3 is 2.33 bits per heavy atom. The molecule has 1 aromatic heterocycles. The molecule has 4 aromatic rings. The Bertz CT molecular complexity index is 1060. The number of hydrogen-bond donors (Lipinski definition) is 1. The van der Waals surface area contributed by atoms with E-state index >= 15 is 0 Å². The Morgan fingerprint density at radius 1 is 0.852 bits per heavy atom. The van der Waals surface area contributed by atoms with Gasteiger partial charge in [-0.3, -0.25) is 4.98 Å². The molecule has 0 aliphatic heterocycles. The van der Waals surface area contributed by atoms with Gasteiger partial charge in [-0.1, -0.05) is 54.6 Å². The summed E-state index contributed by atoms with van der Waals surface area (Å²) in [5.74, 6) is 0.836. The molecule has 0 fully saturated rings. The monoisotopic (exact) mass is 354 g/mol. The molecule has 0 aliphatic rings. The van der Waals surface area contributed by atoms with Gasteiger partial charge in [-0.05, 0) is 47.9 Å². The number of pyridine rings is 1. The average Bonchev–Trinajstić information content (AvgIpc) is 2.72. The second kappa shape index (κ2) is 7.50. The van der Waals surface area contributed by atoms with E-state index in [9.17, 15) is 0 Å². The SMILES string of the molecule is COc1ccc2nc(C)cc(NCc3ccc(-c4ccccc4)cc3)c2c1. The fraction of sp³-hybridized carbons (Fsp3) is 0.125. The third-order valence-corrected chi connectivity index (χ3v) is 4.69. The normalized spacial score (nSPS) is 10.7. The average molecular weight is 354 g/mol. The van der Waals surface area contributed by atoms with Gasteiger partial charge in [0.2, 0.25) is 0 Å². The zero-order chi connectivity index (χ0) is 18.6. The first kappa shape index (κ1) is 17.1. The smallest absolute Gasteiger partial charge is 0.119 e. The lowest BCUT2D eigenvalue weighted by molar-refractivity contribution is 0.415. The summed E-state index contributed by atoms with van der Waals surface area (Å²) in [6.07, 6.45) is 0. The van der Waals surface area contributed by atoms with Crippen LogP contribution in [0.3, 0.4) is 0 Å². The maximum Gasteiger partial charge on any atom is 0.119 e. The molecule has 0 aliphatic carbocycles. The zero-order valence-corrected chi connectivity index (χ0v) is 15.6. The summed E-state index contributed by atoms with van der Waals surface area (Å²) >= 11 is 0. The van der Waals surface area contributed by atoms with Crippen LogP contribution in [0.5, 0.6) is 5.75 Å². The number of nitrogens with zero attached hydrogens (tertiary/aromatic N) is 1. The molecule has 0 spiro atoms. The predicted octanol–water partition coefficient (Wildman–Crippen LogP) is 5.83. The van der Waals surface area contributed by atoms with Crippen molar-refractivity contribution in [3.8, 4) is 16.9 Å². The molecule has 0 radical (unpaired) electrons. The maximum atomic E-state index is 5.37. The van der Waals surface area contributed by atoms with Gasteiger partial charge in [-0.2, -0.15) is 0 Å². The van der Waals surface area contributed by atoms with Gasteiger partial charge in [0.05, 0.1) is 12.6 Å². The van der Waals surface area contributed by atoms with E-state index in [1.165, 1.54) is 16.7 Å². The highest BCUT2D eigenvalue weighted by Crippen LogP contribution is 2.28. The molecule has 3 nitrogen and oxygen atoms in total. The van der Waals surface area contributed by atoms with E-state index in [-0.39, 0.29) is 0 Å². The van der Waals surface area contributed by atoms with Crippen LogP contribution in [0.2, 0.25) is 0 Å². The van der Waals surface area contributed by atoms with Gasteiger partial charge in [0.25, 0.3) is 0 Å². The molecular formula is C24H22N2O. The molecular weight excluding hydrogens is 332 g/mol. The van der Waals surface area contributed by atoms with Gasteiger partial charge < -0.3 is 10.1 Å². The van der Waals surface area contributed by atoms with E-state index in [2.05, 4.69) is 64.9 Å². The van der Waals surface area contributed by atoms with Gasteiger partial charge in [-0.25, -0.2) is 0 Å². The van der Waals surface area contributed by atoms with E-state index < -0.39 is 0 Å². The van der Waals surface area contributed by atoms with Crippen LogP contribution in [0, 0.1) is 6.92 Å². The van der Waals surface area contributed by atoms with Crippen LogP contribution < -0.4 is 10.1 Å². The summed E-state index contributed by atoms with van der Waals surface area (Å²) in [6.45, 7) is 2.77. The Hall–Kier alpha value is -3.33. The highest BCUT2D eigenvalue weighted by Gasteiger charge is 2.06. The second-order valence-corrected chi connectivity index (χ2v) is 6.61. The molecule has 1 N–H and O–H groups in total. The van der Waals surface area contributed by atoms with E-state index in [1.54, 1.807) is 7.11 Å². The van der Waals surface area contributed by atoms with Crippen molar-refractivity contribution >= 4 is 16.6 Å². The number of aromatic nitrogens is 1. The fourth-order valence-corrected chi connectivity index (χ4v) is 3.25. The number of ether oxygens (including phenoxy) is 1. The molecule has 0 atom stereocenters. The Labute approximate surface area is 159 Å². The summed E-state index contributed by atoms with van der Waals surface area (Å²) in [7, 11) is 1.68. The molecule has 4 rings (SSSR count). The van der Waals surface area contributed by atoms with Crippen molar-refractivity contribution < 1.29 is 4.74 Å². The van der Waals surface area contributed by atoms with Crippen molar-refractivity contribution in [2.45, 2.75) is 13.5 Å². The Balaban J connectivity index is 1.56. The summed E-state index contributed by atoms with van der Waals surface area (Å²) < 4.78 is 5.37. The Kier molecular flexibility index (Phi) is 4.75. The minimum Gasteiger partial charge on any atom is -0.497 e. The third-order valence-electron chi connectivity index (χ3n) is 4.69. The lowest BCUT2D eigenvalue weighted by Crippen LogP contribution is -2.01. The first-order valence-corrected chi connectivity index (χ1v) is 9.06. The number of aryl methyl sites for hydroxylation is 1. The first-order valence-electron chi connectivity index (χ1n) is 9.06. The lowest BCUT2D eigenvalue weighted by Gasteiger charge is -2.12. The molecule has 27 heavy (non-hydrogen) atoms. The van der Waals surface area contributed by atoms with Crippen molar-refractivity contribution in [2.75, 3.05) is 12.4 Å². The minimum atomic E-state index is 0.755. The van der Waals surface area contributed by atoms with Crippen LogP contribution >= 0.6 is 0 Å². The van der Waals surface area contributed by atoms with Crippen LogP contribution in [-0.4, -0.2) is 12.1 Å². The number of methoxy groups -OCH3 is 1. The molecule has 0 unspecified atom stereocenters. The number of anilines is 1. The molecule has 3 aromatic carbocycles. The molecule has 1 heterocycles. The van der Waals surface area contributed by atoms with Crippen molar-refractivity contribution in [3.05, 3.63) is 90.1 Å². The van der Waals surface area contributed by atoms with Crippen molar-refractivity contribution in [2.24, 2.45) is 0 Å². The number of benzene rings is 3. The van der Waals surface area contributed by atoms with Crippen LogP contribution in [0.15, 0.2) is 78.9 Å². The topological polar surface area (TPSA) is 34.1 Å². The highest BCUT2D eigenvalue weighted by atomic mass is 16.5. The van der Waals surface area contributed by atoms with Gasteiger partial charge in [-0.15, -0.1) is 0 Å². The minimum absolute atomic E-state index is 0.755. The van der Waals surface area contributed by atoms with Crippen molar-refractivity contribution in [1.82, 2.24) is 4.98 Å². The lowest BCUT2D eigenvalue weighted by atomic mass is 10.0. The largest absolute Gasteiger partial charge is 0.497 e. The summed E-state index contributed by atoms with van der Waals surface area (Å²) in [4.78, 5) is 4.62. The first-order chi connectivity index (χ1) is 13.2. The maximum absolute atomic E-state index is 5.37. The van der Waals surface area contributed by atoms with Crippen LogP contribution in [0.25, 0.3) is 22.0 Å². The van der Waals surface area contributed by atoms with E-state index in [4.69, 9.17) is 4.74 Å². The van der Waals surface area contributed by atoms with E-state index in [0.29, 0.717) is 0 Å². The zero-order valence-electron chi connectivity index (χ0n) is 15.6. The number of nitrogens with one attached hydrogen (secondary N) is 1. The van der Waals surface area contributed by atoms with Crippen LogP contribution in [0.4, 0.5) is 5.69 Å². The number of hydrogen-bond acceptors (Lipinski definition) is 3. The number of rotatable bonds is 5. The molecule has 0 saturated carbocycles. The molecule has 0 saturated heterocycles. The molecule has 0 amide bonds. The van der Waals surface area contributed by atoms with Crippen LogP contribution in [0.1, 0.15) is 11.3 Å². The van der Waals surface area contributed by atoms with Gasteiger partial charge in [0, 0.05) is 23.3 Å².